The Hall–Kier alpha value is -2.17. The van der Waals surface area contributed by atoms with Gasteiger partial charge in [0.2, 0.25) is 0 Å². The molecule has 10 heteroatoms. The maximum Gasteiger partial charge on any atom is 0.263 e. The molecule has 2 aromatic rings. The normalized spacial score (nSPS) is 30.6. The zero-order valence-corrected chi connectivity index (χ0v) is 34.7. The smallest absolute Gasteiger partial charge is 0.263 e. The summed E-state index contributed by atoms with van der Waals surface area (Å²) in [6, 6.07) is 13.2. The average Bonchev–Trinajstić information content (AvgIpc) is 3.29. The summed E-state index contributed by atoms with van der Waals surface area (Å²) >= 11 is 6.52. The topological polar surface area (TPSA) is 74.3 Å². The molecule has 3 heterocycles. The Morgan fingerprint density at radius 2 is 1.87 bits per heavy atom. The minimum absolute atomic E-state index is 0.160. The van der Waals surface area contributed by atoms with Crippen LogP contribution in [-0.2, 0) is 22.1 Å². The molecule has 6 rings (SSSR count). The number of hydrogen-bond acceptors (Lipinski definition) is 7. The van der Waals surface area contributed by atoms with Crippen LogP contribution in [0, 0.1) is 23.7 Å². The standard InChI is InChI=1S/C43H65ClN4O4S/c1-7-9-32-22-37(44)14-16-38(32)36-27-47-26-35-12-15-39(35)34(25-46-19-20-48(29(2)3)31(5)24-46)11-8-10-30(4)42(18-21-51-6)53(50)45-43(49)33-13-17-41(52-28-36)40(47)23-33/h13-14,16-17,22-23,29-31,34-36,39,42H,7-12,15,18-21,24-28H2,1-6H3,(H,45,49). The molecule has 8 unspecified atom stereocenters. The molecule has 1 amide bonds. The number of rotatable bonds is 9. The van der Waals surface area contributed by atoms with Gasteiger partial charge >= 0.3 is 0 Å². The van der Waals surface area contributed by atoms with Crippen LogP contribution in [0.3, 0.4) is 0 Å². The lowest BCUT2D eigenvalue weighted by molar-refractivity contribution is 0.0222. The van der Waals surface area contributed by atoms with Gasteiger partial charge in [0.15, 0.2) is 0 Å². The van der Waals surface area contributed by atoms with Crippen LogP contribution in [0.5, 0.6) is 5.75 Å². The van der Waals surface area contributed by atoms with Gasteiger partial charge in [0, 0.05) is 81.6 Å². The predicted molar refractivity (Wildman–Crippen MR) is 219 cm³/mol. The minimum Gasteiger partial charge on any atom is -0.491 e. The maximum absolute atomic E-state index is 13.9. The highest BCUT2D eigenvalue weighted by Crippen LogP contribution is 2.45. The second kappa shape index (κ2) is 18.6. The maximum atomic E-state index is 13.9. The van der Waals surface area contributed by atoms with Gasteiger partial charge in [0.25, 0.3) is 5.91 Å². The Balaban J connectivity index is 1.33. The van der Waals surface area contributed by atoms with E-state index >= 15 is 0 Å². The number of anilines is 1. The zero-order chi connectivity index (χ0) is 37.6. The molecule has 8 nitrogen and oxygen atoms in total. The fourth-order valence-electron chi connectivity index (χ4n) is 9.88. The number of fused-ring (bicyclic) bond motifs is 2. The Bertz CT molecular complexity index is 1560. The molecule has 8 atom stereocenters. The second-order valence-corrected chi connectivity index (χ2v) is 18.7. The number of hydrogen-bond donors (Lipinski definition) is 1. The van der Waals surface area contributed by atoms with Crippen molar-refractivity contribution in [2.75, 3.05) is 64.5 Å². The lowest BCUT2D eigenvalue weighted by atomic mass is 9.65. The molecule has 1 saturated heterocycles. The van der Waals surface area contributed by atoms with Crippen LogP contribution in [0.2, 0.25) is 5.02 Å². The van der Waals surface area contributed by atoms with Gasteiger partial charge < -0.3 is 19.3 Å². The van der Waals surface area contributed by atoms with Crippen molar-refractivity contribution < 1.29 is 18.5 Å². The highest BCUT2D eigenvalue weighted by molar-refractivity contribution is 7.84. The number of aryl methyl sites for hydroxylation is 1. The van der Waals surface area contributed by atoms with E-state index in [2.05, 4.69) is 66.2 Å². The van der Waals surface area contributed by atoms with E-state index in [1.165, 1.54) is 30.4 Å². The molecular formula is C43H65ClN4O4S. The van der Waals surface area contributed by atoms with Gasteiger partial charge in [-0.05, 0) is 124 Å². The van der Waals surface area contributed by atoms with E-state index in [0.29, 0.717) is 55.0 Å². The molecule has 53 heavy (non-hydrogen) atoms. The highest BCUT2D eigenvalue weighted by Gasteiger charge is 2.41. The summed E-state index contributed by atoms with van der Waals surface area (Å²) in [6.45, 7) is 18.8. The van der Waals surface area contributed by atoms with Crippen molar-refractivity contribution in [1.29, 1.82) is 0 Å². The van der Waals surface area contributed by atoms with Crippen molar-refractivity contribution in [3.05, 3.63) is 58.1 Å². The van der Waals surface area contributed by atoms with E-state index in [1.807, 2.05) is 24.3 Å². The molecule has 2 aromatic carbocycles. The summed E-state index contributed by atoms with van der Waals surface area (Å²) in [5, 5.41) is 0.597. The summed E-state index contributed by atoms with van der Waals surface area (Å²) in [7, 11) is 0.149. The van der Waals surface area contributed by atoms with E-state index in [0.717, 1.165) is 81.4 Å². The molecule has 2 bridgehead atoms. The van der Waals surface area contributed by atoms with Crippen LogP contribution in [-0.4, -0.2) is 96.8 Å². The Labute approximate surface area is 327 Å². The molecule has 4 aliphatic rings. The van der Waals surface area contributed by atoms with Gasteiger partial charge in [-0.15, -0.1) is 0 Å². The lowest BCUT2D eigenvalue weighted by Crippen LogP contribution is -2.55. The van der Waals surface area contributed by atoms with Crippen molar-refractivity contribution in [3.63, 3.8) is 0 Å². The first-order valence-electron chi connectivity index (χ1n) is 20.5. The molecule has 0 spiro atoms. The average molecular weight is 770 g/mol. The molecular weight excluding hydrogens is 704 g/mol. The SMILES string of the molecule is CCCc1cc(Cl)ccc1C1COc2ccc3cc2N(C1)CC1CCC1C(CN1CCN(C(C)C)C(C)C1)CCCC(C)C(CCOC)S(=O)NC3=O. The van der Waals surface area contributed by atoms with E-state index < -0.39 is 11.0 Å². The molecule has 3 aliphatic heterocycles. The zero-order valence-electron chi connectivity index (χ0n) is 33.2. The van der Waals surface area contributed by atoms with Crippen LogP contribution < -0.4 is 14.4 Å². The van der Waals surface area contributed by atoms with E-state index in [9.17, 15) is 9.00 Å². The molecule has 0 aromatic heterocycles. The third-order valence-corrected chi connectivity index (χ3v) is 14.8. The van der Waals surface area contributed by atoms with Gasteiger partial charge in [-0.25, -0.2) is 4.21 Å². The molecule has 0 radical (unpaired) electrons. The number of ether oxygens (including phenoxy) is 2. The molecule has 1 N–H and O–H groups in total. The van der Waals surface area contributed by atoms with Gasteiger partial charge in [-0.3, -0.25) is 14.4 Å². The quantitative estimate of drug-likeness (QED) is 0.278. The predicted octanol–water partition coefficient (Wildman–Crippen LogP) is 7.95. The first-order valence-corrected chi connectivity index (χ1v) is 22.1. The van der Waals surface area contributed by atoms with Gasteiger partial charge in [0.05, 0.1) is 17.5 Å². The number of nitrogens with zero attached hydrogens (tertiary/aromatic N) is 3. The van der Waals surface area contributed by atoms with Crippen molar-refractivity contribution in [2.24, 2.45) is 23.7 Å². The second-order valence-electron chi connectivity index (χ2n) is 16.8. The number of carbonyl (C=O) groups excluding carboxylic acids is 1. The Morgan fingerprint density at radius 1 is 1.04 bits per heavy atom. The fourth-order valence-corrected chi connectivity index (χ4v) is 11.4. The number of nitrogens with one attached hydrogen (secondary N) is 1. The van der Waals surface area contributed by atoms with Crippen LogP contribution in [0.25, 0.3) is 0 Å². The highest BCUT2D eigenvalue weighted by atomic mass is 35.5. The van der Waals surface area contributed by atoms with Crippen LogP contribution >= 0.6 is 11.6 Å². The third kappa shape index (κ3) is 9.80. The first-order chi connectivity index (χ1) is 25.6. The van der Waals surface area contributed by atoms with Gasteiger partial charge in [-0.1, -0.05) is 44.4 Å². The summed E-state index contributed by atoms with van der Waals surface area (Å²) in [4.78, 5) is 21.7. The largest absolute Gasteiger partial charge is 0.491 e. The van der Waals surface area contributed by atoms with Crippen LogP contribution in [0.15, 0.2) is 36.4 Å². The summed E-state index contributed by atoms with van der Waals surface area (Å²) in [5.41, 5.74) is 4.08. The van der Waals surface area contributed by atoms with E-state index in [-0.39, 0.29) is 23.0 Å². The first kappa shape index (κ1) is 40.5. The van der Waals surface area contributed by atoms with E-state index in [1.54, 1.807) is 7.11 Å². The summed E-state index contributed by atoms with van der Waals surface area (Å²) < 4.78 is 28.9. The molecule has 294 valence electrons. The number of benzene rings is 2. The van der Waals surface area contributed by atoms with E-state index in [4.69, 9.17) is 21.1 Å². The molecule has 1 aliphatic carbocycles. The van der Waals surface area contributed by atoms with Crippen LogP contribution in [0.1, 0.15) is 107 Å². The van der Waals surface area contributed by atoms with Gasteiger partial charge in [-0.2, -0.15) is 0 Å². The fraction of sp³-hybridized carbons (Fsp3) is 0.698. The number of methoxy groups -OCH3 is 1. The lowest BCUT2D eigenvalue weighted by Gasteiger charge is -2.48. The number of amides is 1. The summed E-state index contributed by atoms with van der Waals surface area (Å²) in [6.07, 6.45) is 8.44. The van der Waals surface area contributed by atoms with Crippen molar-refractivity contribution in [2.45, 2.75) is 109 Å². The van der Waals surface area contributed by atoms with Gasteiger partial charge in [0.1, 0.15) is 16.7 Å². The summed E-state index contributed by atoms with van der Waals surface area (Å²) in [5.74, 6) is 2.72. The monoisotopic (exact) mass is 768 g/mol. The minimum atomic E-state index is -1.54. The van der Waals surface area contributed by atoms with Crippen molar-refractivity contribution in [3.8, 4) is 5.75 Å². The number of piperazine rings is 1. The number of carbonyl (C=O) groups is 1. The molecule has 1 saturated carbocycles. The Kier molecular flexibility index (Phi) is 14.2. The van der Waals surface area contributed by atoms with Crippen molar-refractivity contribution in [1.82, 2.24) is 14.5 Å². The third-order valence-electron chi connectivity index (χ3n) is 12.9. The number of halogens is 1. The molecule has 2 fully saturated rings. The van der Waals surface area contributed by atoms with Crippen molar-refractivity contribution >= 4 is 34.2 Å². The Morgan fingerprint density at radius 3 is 2.58 bits per heavy atom. The van der Waals surface area contributed by atoms with Crippen LogP contribution in [0.4, 0.5) is 5.69 Å².